The van der Waals surface area contributed by atoms with E-state index in [0.717, 1.165) is 5.56 Å². The zero-order chi connectivity index (χ0) is 18.8. The normalized spacial score (nSPS) is 13.2. The molecule has 2 rings (SSSR count). The van der Waals surface area contributed by atoms with Crippen LogP contribution < -0.4 is 4.72 Å². The third-order valence-electron chi connectivity index (χ3n) is 4.33. The Morgan fingerprint density at radius 3 is 1.92 bits per heavy atom. The summed E-state index contributed by atoms with van der Waals surface area (Å²) >= 11 is 0. The number of sulfonamides is 1. The minimum atomic E-state index is -3.67. The van der Waals surface area contributed by atoms with Crippen molar-refractivity contribution in [2.45, 2.75) is 51.5 Å². The highest BCUT2D eigenvalue weighted by Gasteiger charge is 2.21. The van der Waals surface area contributed by atoms with E-state index in [9.17, 15) is 13.5 Å². The lowest BCUT2D eigenvalue weighted by Crippen LogP contribution is -2.29. The molecule has 0 amide bonds. The molecule has 0 aromatic heterocycles. The van der Waals surface area contributed by atoms with Crippen LogP contribution >= 0.6 is 0 Å². The highest BCUT2D eigenvalue weighted by atomic mass is 32.2. The van der Waals surface area contributed by atoms with Crippen LogP contribution in [0.25, 0.3) is 0 Å². The topological polar surface area (TPSA) is 66.4 Å². The largest absolute Gasteiger partial charge is 0.387 e. The maximum absolute atomic E-state index is 12.6. The Morgan fingerprint density at radius 1 is 0.960 bits per heavy atom. The third-order valence-corrected chi connectivity index (χ3v) is 6.06. The summed E-state index contributed by atoms with van der Waals surface area (Å²) in [4.78, 5) is 0.292. The number of aliphatic hydroxyl groups excluding tert-OH is 1. The monoisotopic (exact) mass is 361 g/mol. The first-order valence-electron chi connectivity index (χ1n) is 8.47. The molecule has 0 heterocycles. The van der Waals surface area contributed by atoms with Crippen molar-refractivity contribution >= 4 is 10.0 Å². The Kier molecular flexibility index (Phi) is 6.03. The summed E-state index contributed by atoms with van der Waals surface area (Å²) in [5.41, 5.74) is 4.33. The zero-order valence-electron chi connectivity index (χ0n) is 15.5. The summed E-state index contributed by atoms with van der Waals surface area (Å²) in [5.74, 6) is 0.414. The van der Waals surface area contributed by atoms with Gasteiger partial charge >= 0.3 is 0 Å². The molecule has 0 radical (unpaired) electrons. The molecule has 136 valence electrons. The summed E-state index contributed by atoms with van der Waals surface area (Å²) in [5, 5.41) is 10.3. The molecule has 1 atom stereocenters. The van der Waals surface area contributed by atoms with E-state index >= 15 is 0 Å². The molecule has 0 saturated heterocycles. The van der Waals surface area contributed by atoms with E-state index in [0.29, 0.717) is 27.5 Å². The van der Waals surface area contributed by atoms with Gasteiger partial charge in [0, 0.05) is 6.54 Å². The van der Waals surface area contributed by atoms with Gasteiger partial charge in [-0.05, 0) is 48.9 Å². The summed E-state index contributed by atoms with van der Waals surface area (Å²) < 4.78 is 27.8. The highest BCUT2D eigenvalue weighted by Crippen LogP contribution is 2.23. The average molecular weight is 362 g/mol. The van der Waals surface area contributed by atoms with Crippen LogP contribution in [0.1, 0.15) is 53.7 Å². The fourth-order valence-corrected chi connectivity index (χ4v) is 4.56. The first-order valence-corrected chi connectivity index (χ1v) is 9.95. The number of aliphatic hydroxyl groups is 1. The van der Waals surface area contributed by atoms with Crippen LogP contribution in [0, 0.1) is 20.8 Å². The van der Waals surface area contributed by atoms with Crippen LogP contribution in [0.15, 0.2) is 41.3 Å². The summed E-state index contributed by atoms with van der Waals surface area (Å²) in [7, 11) is -3.67. The van der Waals surface area contributed by atoms with E-state index < -0.39 is 16.1 Å². The first kappa shape index (κ1) is 19.6. The van der Waals surface area contributed by atoms with Crippen LogP contribution in [0.2, 0.25) is 0 Å². The number of aryl methyl sites for hydroxylation is 3. The van der Waals surface area contributed by atoms with Gasteiger partial charge in [0.2, 0.25) is 10.0 Å². The lowest BCUT2D eigenvalue weighted by molar-refractivity contribution is 0.182. The fraction of sp³-hybridized carbons (Fsp3) is 0.400. The molecule has 0 saturated carbocycles. The lowest BCUT2D eigenvalue weighted by atomic mass is 10.00. The van der Waals surface area contributed by atoms with Gasteiger partial charge < -0.3 is 5.11 Å². The van der Waals surface area contributed by atoms with Crippen molar-refractivity contribution in [1.82, 2.24) is 4.72 Å². The number of hydrogen-bond acceptors (Lipinski definition) is 3. The molecule has 0 fully saturated rings. The van der Waals surface area contributed by atoms with Gasteiger partial charge in [0.05, 0.1) is 11.0 Å². The predicted molar refractivity (Wildman–Crippen MR) is 101 cm³/mol. The van der Waals surface area contributed by atoms with Crippen molar-refractivity contribution in [2.24, 2.45) is 0 Å². The molecule has 0 aliphatic heterocycles. The van der Waals surface area contributed by atoms with Gasteiger partial charge in [0.15, 0.2) is 0 Å². The van der Waals surface area contributed by atoms with Crippen molar-refractivity contribution in [3.8, 4) is 0 Å². The van der Waals surface area contributed by atoms with Crippen LogP contribution in [-0.4, -0.2) is 20.1 Å². The molecule has 0 aliphatic rings. The van der Waals surface area contributed by atoms with Gasteiger partial charge in [-0.1, -0.05) is 55.8 Å². The van der Waals surface area contributed by atoms with Crippen molar-refractivity contribution in [3.05, 3.63) is 64.2 Å². The predicted octanol–water partition coefficient (Wildman–Crippen LogP) is 3.75. The molecule has 4 nitrogen and oxygen atoms in total. The number of hydrogen-bond donors (Lipinski definition) is 2. The second-order valence-electron chi connectivity index (χ2n) is 6.92. The molecule has 1 unspecified atom stereocenters. The quantitative estimate of drug-likeness (QED) is 0.823. The second-order valence-corrected chi connectivity index (χ2v) is 8.62. The maximum atomic E-state index is 12.6. The summed E-state index contributed by atoms with van der Waals surface area (Å²) in [6.45, 7) is 9.66. The van der Waals surface area contributed by atoms with E-state index in [1.165, 1.54) is 5.56 Å². The molecule has 0 aliphatic carbocycles. The summed E-state index contributed by atoms with van der Waals surface area (Å²) in [6, 6.07) is 11.3. The highest BCUT2D eigenvalue weighted by molar-refractivity contribution is 7.89. The number of rotatable bonds is 6. The maximum Gasteiger partial charge on any atom is 0.241 e. The van der Waals surface area contributed by atoms with Crippen LogP contribution in [-0.2, 0) is 10.0 Å². The molecule has 5 heteroatoms. The fourth-order valence-electron chi connectivity index (χ4n) is 3.07. The van der Waals surface area contributed by atoms with Gasteiger partial charge in [0.25, 0.3) is 0 Å². The average Bonchev–Trinajstić information content (AvgIpc) is 2.51. The number of benzene rings is 2. The van der Waals surface area contributed by atoms with Crippen LogP contribution in [0.4, 0.5) is 0 Å². The molecular weight excluding hydrogens is 334 g/mol. The standard InChI is InChI=1S/C20H27NO3S/c1-13(2)17-6-8-18(9-7-17)19(22)12-21-25(23,24)20-15(4)10-14(3)11-16(20)5/h6-11,13,19,21-22H,12H2,1-5H3. The Bertz CT molecular complexity index is 817. The van der Waals surface area contributed by atoms with E-state index in [-0.39, 0.29) is 6.54 Å². The second kappa shape index (κ2) is 7.68. The van der Waals surface area contributed by atoms with E-state index in [2.05, 4.69) is 18.6 Å². The van der Waals surface area contributed by atoms with Gasteiger partial charge in [-0.3, -0.25) is 0 Å². The van der Waals surface area contributed by atoms with Gasteiger partial charge in [-0.15, -0.1) is 0 Å². The molecule has 2 aromatic carbocycles. The van der Waals surface area contributed by atoms with Crippen LogP contribution in [0.3, 0.4) is 0 Å². The minimum Gasteiger partial charge on any atom is -0.387 e. The lowest BCUT2D eigenvalue weighted by Gasteiger charge is -2.16. The molecule has 2 aromatic rings. The first-order chi connectivity index (χ1) is 11.6. The van der Waals surface area contributed by atoms with E-state index in [4.69, 9.17) is 0 Å². The Labute approximate surface area is 151 Å². The van der Waals surface area contributed by atoms with Gasteiger partial charge in [-0.2, -0.15) is 0 Å². The molecule has 2 N–H and O–H groups in total. The Morgan fingerprint density at radius 2 is 1.44 bits per heavy atom. The molecule has 0 bridgehead atoms. The minimum absolute atomic E-state index is 0.0594. The summed E-state index contributed by atoms with van der Waals surface area (Å²) in [6.07, 6.45) is -0.887. The van der Waals surface area contributed by atoms with Gasteiger partial charge in [-0.25, -0.2) is 13.1 Å². The SMILES string of the molecule is Cc1cc(C)c(S(=O)(=O)NCC(O)c2ccc(C(C)C)cc2)c(C)c1. The zero-order valence-corrected chi connectivity index (χ0v) is 16.3. The van der Waals surface area contributed by atoms with Gasteiger partial charge in [0.1, 0.15) is 0 Å². The Hall–Kier alpha value is -1.69. The third kappa shape index (κ3) is 4.69. The van der Waals surface area contributed by atoms with Crippen molar-refractivity contribution in [1.29, 1.82) is 0 Å². The molecule has 0 spiro atoms. The van der Waals surface area contributed by atoms with Crippen molar-refractivity contribution in [3.63, 3.8) is 0 Å². The van der Waals surface area contributed by atoms with Crippen molar-refractivity contribution in [2.75, 3.05) is 6.54 Å². The Balaban J connectivity index is 2.14. The molecular formula is C20H27NO3S. The van der Waals surface area contributed by atoms with Crippen molar-refractivity contribution < 1.29 is 13.5 Å². The smallest absolute Gasteiger partial charge is 0.241 e. The van der Waals surface area contributed by atoms with Crippen LogP contribution in [0.5, 0.6) is 0 Å². The van der Waals surface area contributed by atoms with E-state index in [1.807, 2.05) is 43.3 Å². The van der Waals surface area contributed by atoms with E-state index in [1.54, 1.807) is 13.8 Å². The number of nitrogens with one attached hydrogen (secondary N) is 1. The molecule has 25 heavy (non-hydrogen) atoms.